The summed E-state index contributed by atoms with van der Waals surface area (Å²) in [5.74, 6) is -6.60. The van der Waals surface area contributed by atoms with Crippen molar-refractivity contribution < 1.29 is 26.4 Å². The first-order valence-electron chi connectivity index (χ1n) is 4.87. The highest BCUT2D eigenvalue weighted by Crippen LogP contribution is 2.19. The van der Waals surface area contributed by atoms with E-state index in [9.17, 15) is 17.6 Å². The van der Waals surface area contributed by atoms with Gasteiger partial charge < -0.3 is 8.85 Å². The van der Waals surface area contributed by atoms with Crippen LogP contribution in [0.25, 0.3) is 0 Å². The Morgan fingerprint density at radius 3 is 1.94 bits per heavy atom. The molecule has 0 saturated heterocycles. The topological polar surface area (TPSA) is 18.5 Å². The second-order valence-corrected chi connectivity index (χ2v) is 6.93. The van der Waals surface area contributed by atoms with Gasteiger partial charge in [0, 0.05) is 19.4 Å². The summed E-state index contributed by atoms with van der Waals surface area (Å²) < 4.78 is 62.8. The van der Waals surface area contributed by atoms with Crippen molar-refractivity contribution in [3.63, 3.8) is 0 Å². The highest BCUT2D eigenvalue weighted by Gasteiger charge is 2.41. The summed E-state index contributed by atoms with van der Waals surface area (Å²) in [7, 11) is -0.722. The summed E-state index contributed by atoms with van der Waals surface area (Å²) in [6, 6.07) is 0.831. The van der Waals surface area contributed by atoms with E-state index in [0.29, 0.717) is 6.07 Å². The van der Waals surface area contributed by atoms with Crippen LogP contribution in [0.4, 0.5) is 17.6 Å². The molecule has 0 atom stereocenters. The van der Waals surface area contributed by atoms with Gasteiger partial charge in [-0.25, -0.2) is 17.6 Å². The van der Waals surface area contributed by atoms with E-state index in [0.717, 1.165) is 0 Å². The standard InChI is InChI=1S/C10H12F4O2Si/c1-4-17(15-2,16-3)7-5-6(11)8(12)10(14)9(7)13/h5H,4H2,1-3H3. The molecule has 0 aliphatic rings. The van der Waals surface area contributed by atoms with E-state index in [-0.39, 0.29) is 11.2 Å². The fourth-order valence-electron chi connectivity index (χ4n) is 1.63. The van der Waals surface area contributed by atoms with E-state index >= 15 is 0 Å². The van der Waals surface area contributed by atoms with Crippen molar-refractivity contribution in [3.05, 3.63) is 29.3 Å². The van der Waals surface area contributed by atoms with Crippen molar-refractivity contribution >= 4 is 13.7 Å². The molecular formula is C10H12F4O2Si. The van der Waals surface area contributed by atoms with Crippen LogP contribution in [0.5, 0.6) is 0 Å². The van der Waals surface area contributed by atoms with Gasteiger partial charge in [-0.2, -0.15) is 0 Å². The third kappa shape index (κ3) is 2.22. The maximum atomic E-state index is 13.6. The zero-order chi connectivity index (χ0) is 13.2. The highest BCUT2D eigenvalue weighted by atomic mass is 28.4. The quantitative estimate of drug-likeness (QED) is 0.361. The normalized spacial score (nSPS) is 11.9. The Morgan fingerprint density at radius 1 is 1.00 bits per heavy atom. The molecule has 2 nitrogen and oxygen atoms in total. The zero-order valence-corrected chi connectivity index (χ0v) is 10.6. The molecule has 0 aliphatic heterocycles. The van der Waals surface area contributed by atoms with Crippen molar-refractivity contribution in [1.29, 1.82) is 0 Å². The number of halogens is 4. The summed E-state index contributed by atoms with van der Waals surface area (Å²) in [5, 5.41) is -0.374. The third-order valence-electron chi connectivity index (χ3n) is 2.64. The summed E-state index contributed by atoms with van der Waals surface area (Å²) in [6.07, 6.45) is 0. The molecule has 96 valence electrons. The number of hydrogen-bond acceptors (Lipinski definition) is 2. The predicted molar refractivity (Wildman–Crippen MR) is 56.2 cm³/mol. The molecule has 0 aliphatic carbocycles. The van der Waals surface area contributed by atoms with Crippen LogP contribution in [0.2, 0.25) is 6.04 Å². The molecule has 0 unspecified atom stereocenters. The monoisotopic (exact) mass is 268 g/mol. The Bertz CT molecular complexity index is 413. The molecule has 1 aromatic carbocycles. The van der Waals surface area contributed by atoms with Gasteiger partial charge in [0.05, 0.1) is 0 Å². The van der Waals surface area contributed by atoms with Gasteiger partial charge in [-0.15, -0.1) is 0 Å². The van der Waals surface area contributed by atoms with Crippen LogP contribution in [0.3, 0.4) is 0 Å². The Morgan fingerprint density at radius 2 is 1.53 bits per heavy atom. The molecule has 0 saturated carbocycles. The summed E-state index contributed by atoms with van der Waals surface area (Å²) >= 11 is 0. The lowest BCUT2D eigenvalue weighted by atomic mass is 10.3. The van der Waals surface area contributed by atoms with Gasteiger partial charge >= 0.3 is 8.56 Å². The van der Waals surface area contributed by atoms with Gasteiger partial charge in [-0.3, -0.25) is 0 Å². The molecular weight excluding hydrogens is 256 g/mol. The van der Waals surface area contributed by atoms with E-state index in [1.54, 1.807) is 6.92 Å². The first-order valence-corrected chi connectivity index (χ1v) is 6.89. The van der Waals surface area contributed by atoms with E-state index < -0.39 is 31.8 Å². The lowest BCUT2D eigenvalue weighted by Crippen LogP contribution is -2.54. The lowest BCUT2D eigenvalue weighted by Gasteiger charge is -2.26. The molecule has 0 N–H and O–H groups in total. The van der Waals surface area contributed by atoms with Crippen molar-refractivity contribution in [1.82, 2.24) is 0 Å². The zero-order valence-electron chi connectivity index (χ0n) is 9.61. The number of hydrogen-bond donors (Lipinski definition) is 0. The van der Waals surface area contributed by atoms with Crippen LogP contribution >= 0.6 is 0 Å². The summed E-state index contributed by atoms with van der Waals surface area (Å²) in [5.41, 5.74) is 0. The predicted octanol–water partition coefficient (Wildman–Crippen LogP) is 2.20. The van der Waals surface area contributed by atoms with Crippen LogP contribution in [0.15, 0.2) is 6.07 Å². The Hall–Kier alpha value is -0.923. The minimum atomic E-state index is -3.25. The average molecular weight is 268 g/mol. The van der Waals surface area contributed by atoms with E-state index in [2.05, 4.69) is 0 Å². The van der Waals surface area contributed by atoms with E-state index in [1.165, 1.54) is 14.2 Å². The maximum absolute atomic E-state index is 13.6. The lowest BCUT2D eigenvalue weighted by molar-refractivity contribution is 0.256. The molecule has 17 heavy (non-hydrogen) atoms. The Kier molecular flexibility index (Phi) is 4.29. The molecule has 0 heterocycles. The van der Waals surface area contributed by atoms with E-state index in [1.807, 2.05) is 0 Å². The van der Waals surface area contributed by atoms with Crippen LogP contribution in [0, 0.1) is 23.3 Å². The first kappa shape index (κ1) is 14.1. The van der Waals surface area contributed by atoms with Crippen LogP contribution in [-0.4, -0.2) is 22.8 Å². The molecule has 0 aromatic heterocycles. The highest BCUT2D eigenvalue weighted by molar-refractivity contribution is 6.81. The third-order valence-corrected chi connectivity index (χ3v) is 6.07. The van der Waals surface area contributed by atoms with Crippen LogP contribution in [0.1, 0.15) is 6.92 Å². The van der Waals surface area contributed by atoms with Crippen LogP contribution < -0.4 is 5.19 Å². The minimum absolute atomic E-state index is 0.238. The number of rotatable bonds is 4. The molecule has 0 bridgehead atoms. The maximum Gasteiger partial charge on any atom is 0.374 e. The van der Waals surface area contributed by atoms with Crippen LogP contribution in [-0.2, 0) is 8.85 Å². The summed E-state index contributed by atoms with van der Waals surface area (Å²) in [4.78, 5) is 0. The number of benzene rings is 1. The fraction of sp³-hybridized carbons (Fsp3) is 0.400. The molecule has 0 spiro atoms. The first-order chi connectivity index (χ1) is 7.93. The molecule has 0 amide bonds. The molecule has 0 fully saturated rings. The second-order valence-electron chi connectivity index (χ2n) is 3.36. The Labute approximate surface area is 97.4 Å². The molecule has 7 heteroatoms. The SMILES string of the molecule is CC[Si](OC)(OC)c1cc(F)c(F)c(F)c1F. The van der Waals surface area contributed by atoms with Gasteiger partial charge in [0.25, 0.3) is 0 Å². The minimum Gasteiger partial charge on any atom is -0.394 e. The molecule has 1 aromatic rings. The van der Waals surface area contributed by atoms with Gasteiger partial charge in [-0.05, 0) is 12.1 Å². The largest absolute Gasteiger partial charge is 0.394 e. The Balaban J connectivity index is 3.50. The van der Waals surface area contributed by atoms with Gasteiger partial charge in [0.2, 0.25) is 0 Å². The van der Waals surface area contributed by atoms with Crippen molar-refractivity contribution in [3.8, 4) is 0 Å². The average Bonchev–Trinajstić information content (AvgIpc) is 2.35. The van der Waals surface area contributed by atoms with Gasteiger partial charge in [0.1, 0.15) is 0 Å². The van der Waals surface area contributed by atoms with Crippen molar-refractivity contribution in [2.75, 3.05) is 14.2 Å². The van der Waals surface area contributed by atoms with Gasteiger partial charge in [0.15, 0.2) is 23.3 Å². The second kappa shape index (κ2) is 5.15. The smallest absolute Gasteiger partial charge is 0.374 e. The van der Waals surface area contributed by atoms with E-state index in [4.69, 9.17) is 8.85 Å². The van der Waals surface area contributed by atoms with Gasteiger partial charge in [-0.1, -0.05) is 6.92 Å². The fourth-order valence-corrected chi connectivity index (χ4v) is 3.99. The summed E-state index contributed by atoms with van der Waals surface area (Å²) in [6.45, 7) is 1.64. The van der Waals surface area contributed by atoms with Crippen molar-refractivity contribution in [2.45, 2.75) is 13.0 Å². The molecule has 1 rings (SSSR count). The van der Waals surface area contributed by atoms with Crippen molar-refractivity contribution in [2.24, 2.45) is 0 Å². The molecule has 0 radical (unpaired) electrons.